The number of hydrogen-bond donors (Lipinski definition) is 0. The predicted octanol–water partition coefficient (Wildman–Crippen LogP) is 4.19. The molecule has 0 aliphatic heterocycles. The van der Waals surface area contributed by atoms with E-state index in [0.29, 0.717) is 13.0 Å². The molecule has 0 saturated heterocycles. The molecule has 1 heterocycles. The van der Waals surface area contributed by atoms with Crippen LogP contribution in [0, 0.1) is 0 Å². The summed E-state index contributed by atoms with van der Waals surface area (Å²) >= 11 is 1.60. The van der Waals surface area contributed by atoms with Gasteiger partial charge >= 0.3 is 0 Å². The second-order valence-corrected chi connectivity index (χ2v) is 6.30. The quantitative estimate of drug-likeness (QED) is 0.712. The fourth-order valence-electron chi connectivity index (χ4n) is 2.43. The Morgan fingerprint density at radius 3 is 2.43 bits per heavy atom. The van der Waals surface area contributed by atoms with E-state index in [1.807, 2.05) is 30.0 Å². The molecule has 0 saturated carbocycles. The molecule has 0 radical (unpaired) electrons. The lowest BCUT2D eigenvalue weighted by Crippen LogP contribution is -2.38. The second kappa shape index (κ2) is 9.85. The number of para-hydroxylation sites is 1. The zero-order chi connectivity index (χ0) is 15.9. The van der Waals surface area contributed by atoms with Crippen molar-refractivity contribution in [3.63, 3.8) is 0 Å². The summed E-state index contributed by atoms with van der Waals surface area (Å²) in [6.45, 7) is 9.95. The van der Waals surface area contributed by atoms with Crippen molar-refractivity contribution < 1.29 is 4.79 Å². The van der Waals surface area contributed by atoms with Gasteiger partial charge in [-0.3, -0.25) is 9.69 Å². The minimum Gasteiger partial charge on any atom is -0.302 e. The Morgan fingerprint density at radius 1 is 1.13 bits per heavy atom. The van der Waals surface area contributed by atoms with Crippen LogP contribution in [0.2, 0.25) is 0 Å². The van der Waals surface area contributed by atoms with Crippen molar-refractivity contribution in [3.05, 3.63) is 24.3 Å². The zero-order valence-corrected chi connectivity index (χ0v) is 15.8. The molecule has 128 valence electrons. The Hall–Kier alpha value is -1.17. The topological polar surface area (TPSA) is 36.4 Å². The molecule has 2 aromatic rings. The molecule has 23 heavy (non-hydrogen) atoms. The number of nitrogens with zero attached hydrogens (tertiary/aromatic N) is 3. The number of halogens is 1. The van der Waals surface area contributed by atoms with Crippen LogP contribution in [0.25, 0.3) is 10.2 Å². The Kier molecular flexibility index (Phi) is 8.52. The Balaban J connectivity index is 0.00000264. The third kappa shape index (κ3) is 5.16. The van der Waals surface area contributed by atoms with Crippen LogP contribution in [0.15, 0.2) is 24.3 Å². The van der Waals surface area contributed by atoms with Crippen LogP contribution in [-0.2, 0) is 4.79 Å². The van der Waals surface area contributed by atoms with Gasteiger partial charge in [-0.1, -0.05) is 44.2 Å². The lowest BCUT2D eigenvalue weighted by atomic mass is 10.3. The van der Waals surface area contributed by atoms with Crippen LogP contribution in [0.5, 0.6) is 0 Å². The van der Waals surface area contributed by atoms with Gasteiger partial charge in [0.2, 0.25) is 5.91 Å². The molecule has 0 bridgehead atoms. The van der Waals surface area contributed by atoms with Gasteiger partial charge in [-0.25, -0.2) is 4.98 Å². The molecule has 1 amide bonds. The van der Waals surface area contributed by atoms with E-state index in [4.69, 9.17) is 0 Å². The maximum atomic E-state index is 12.5. The van der Waals surface area contributed by atoms with Gasteiger partial charge in [0, 0.05) is 19.5 Å². The van der Waals surface area contributed by atoms with Gasteiger partial charge in [0.15, 0.2) is 5.13 Å². The van der Waals surface area contributed by atoms with Crippen LogP contribution < -0.4 is 4.90 Å². The van der Waals surface area contributed by atoms with Crippen molar-refractivity contribution in [2.45, 2.75) is 33.6 Å². The summed E-state index contributed by atoms with van der Waals surface area (Å²) < 4.78 is 1.13. The molecule has 1 aromatic carbocycles. The first-order valence-corrected chi connectivity index (χ1v) is 8.89. The van der Waals surface area contributed by atoms with Crippen LogP contribution in [0.3, 0.4) is 0 Å². The number of hydrogen-bond acceptors (Lipinski definition) is 4. The Morgan fingerprint density at radius 2 is 1.83 bits per heavy atom. The maximum Gasteiger partial charge on any atom is 0.228 e. The molecule has 6 heteroatoms. The van der Waals surface area contributed by atoms with Gasteiger partial charge < -0.3 is 4.90 Å². The molecule has 0 unspecified atom stereocenters. The second-order valence-electron chi connectivity index (χ2n) is 5.29. The van der Waals surface area contributed by atoms with E-state index in [1.54, 1.807) is 11.3 Å². The van der Waals surface area contributed by atoms with E-state index in [9.17, 15) is 4.79 Å². The lowest BCUT2D eigenvalue weighted by molar-refractivity contribution is -0.118. The molecule has 1 aromatic heterocycles. The Labute approximate surface area is 148 Å². The summed E-state index contributed by atoms with van der Waals surface area (Å²) in [6, 6.07) is 8.06. The number of carbonyl (C=O) groups excluding carboxylic acids is 1. The number of thiazole rings is 1. The molecule has 0 N–H and O–H groups in total. The number of fused-ring (bicyclic) bond motifs is 1. The van der Waals surface area contributed by atoms with E-state index in [1.165, 1.54) is 0 Å². The summed E-state index contributed by atoms with van der Waals surface area (Å²) in [4.78, 5) is 21.3. The predicted molar refractivity (Wildman–Crippen MR) is 102 cm³/mol. The van der Waals surface area contributed by atoms with Gasteiger partial charge in [-0.2, -0.15) is 0 Å². The average Bonchev–Trinajstić information content (AvgIpc) is 2.95. The SMILES string of the molecule is CCCC(=O)N(CCN(CC)CC)c1nc2ccccc2s1.Cl. The first kappa shape index (κ1) is 19.9. The number of rotatable bonds is 8. The fourth-order valence-corrected chi connectivity index (χ4v) is 3.44. The number of aromatic nitrogens is 1. The van der Waals surface area contributed by atoms with Crippen LogP contribution in [-0.4, -0.2) is 42.0 Å². The van der Waals surface area contributed by atoms with Gasteiger partial charge in [0.1, 0.15) is 0 Å². The molecular weight excluding hydrogens is 330 g/mol. The van der Waals surface area contributed by atoms with Crippen molar-refractivity contribution in [1.29, 1.82) is 0 Å². The standard InChI is InChI=1S/C17H25N3OS.ClH/c1-4-9-16(21)20(13-12-19(5-2)6-3)17-18-14-10-7-8-11-15(14)22-17;/h7-8,10-11H,4-6,9,12-13H2,1-3H3;1H. The van der Waals surface area contributed by atoms with E-state index in [0.717, 1.165) is 41.4 Å². The first-order valence-electron chi connectivity index (χ1n) is 8.07. The summed E-state index contributed by atoms with van der Waals surface area (Å²) in [5.74, 6) is 0.175. The molecule has 4 nitrogen and oxygen atoms in total. The third-order valence-electron chi connectivity index (χ3n) is 3.81. The Bertz CT molecular complexity index is 580. The van der Waals surface area contributed by atoms with E-state index >= 15 is 0 Å². The summed E-state index contributed by atoms with van der Waals surface area (Å²) in [6.07, 6.45) is 1.44. The highest BCUT2D eigenvalue weighted by atomic mass is 35.5. The smallest absolute Gasteiger partial charge is 0.228 e. The average molecular weight is 356 g/mol. The number of benzene rings is 1. The number of carbonyl (C=O) groups is 1. The van der Waals surface area contributed by atoms with Gasteiger partial charge in [-0.15, -0.1) is 12.4 Å². The third-order valence-corrected chi connectivity index (χ3v) is 4.87. The molecule has 0 atom stereocenters. The molecule has 0 aliphatic carbocycles. The number of likely N-dealkylation sites (N-methyl/N-ethyl adjacent to an activating group) is 1. The molecular formula is C17H26ClN3OS. The van der Waals surface area contributed by atoms with E-state index in [-0.39, 0.29) is 18.3 Å². The highest BCUT2D eigenvalue weighted by molar-refractivity contribution is 7.22. The molecule has 0 fully saturated rings. The first-order chi connectivity index (χ1) is 10.7. The molecule has 2 rings (SSSR count). The number of anilines is 1. The largest absolute Gasteiger partial charge is 0.302 e. The van der Waals surface area contributed by atoms with Crippen molar-refractivity contribution in [3.8, 4) is 0 Å². The van der Waals surface area contributed by atoms with E-state index < -0.39 is 0 Å². The van der Waals surface area contributed by atoms with Crippen LogP contribution in [0.1, 0.15) is 33.6 Å². The van der Waals surface area contributed by atoms with Crippen molar-refractivity contribution in [2.24, 2.45) is 0 Å². The molecule has 0 spiro atoms. The highest BCUT2D eigenvalue weighted by Gasteiger charge is 2.19. The summed E-state index contributed by atoms with van der Waals surface area (Å²) in [5.41, 5.74) is 0.972. The monoisotopic (exact) mass is 355 g/mol. The molecule has 0 aliphatic rings. The lowest BCUT2D eigenvalue weighted by Gasteiger charge is -2.24. The summed E-state index contributed by atoms with van der Waals surface area (Å²) in [5, 5.41) is 0.826. The van der Waals surface area contributed by atoms with Gasteiger partial charge in [0.25, 0.3) is 0 Å². The number of amides is 1. The van der Waals surface area contributed by atoms with Gasteiger partial charge in [0.05, 0.1) is 10.2 Å². The van der Waals surface area contributed by atoms with E-state index in [2.05, 4.69) is 29.8 Å². The fraction of sp³-hybridized carbons (Fsp3) is 0.529. The van der Waals surface area contributed by atoms with Crippen LogP contribution >= 0.6 is 23.7 Å². The van der Waals surface area contributed by atoms with Crippen LogP contribution in [0.4, 0.5) is 5.13 Å². The maximum absolute atomic E-state index is 12.5. The normalized spacial score (nSPS) is 10.8. The minimum absolute atomic E-state index is 0. The van der Waals surface area contributed by atoms with Gasteiger partial charge in [-0.05, 0) is 31.6 Å². The minimum atomic E-state index is 0. The summed E-state index contributed by atoms with van der Waals surface area (Å²) in [7, 11) is 0. The van der Waals surface area contributed by atoms with Crippen molar-refractivity contribution >= 4 is 45.0 Å². The highest BCUT2D eigenvalue weighted by Crippen LogP contribution is 2.29. The van der Waals surface area contributed by atoms with Crippen molar-refractivity contribution in [2.75, 3.05) is 31.1 Å². The van der Waals surface area contributed by atoms with Crippen molar-refractivity contribution in [1.82, 2.24) is 9.88 Å². The zero-order valence-electron chi connectivity index (χ0n) is 14.1.